The lowest BCUT2D eigenvalue weighted by atomic mass is 10.1. The summed E-state index contributed by atoms with van der Waals surface area (Å²) < 4.78 is 18.7. The maximum absolute atomic E-state index is 13.4. The fourth-order valence-electron chi connectivity index (χ4n) is 2.47. The molecule has 0 bridgehead atoms. The number of halogens is 1. The van der Waals surface area contributed by atoms with Gasteiger partial charge in [0.2, 0.25) is 0 Å². The van der Waals surface area contributed by atoms with Gasteiger partial charge in [-0.25, -0.2) is 4.39 Å². The average molecular weight is 283 g/mol. The molecule has 1 aliphatic heterocycles. The van der Waals surface area contributed by atoms with Gasteiger partial charge in [-0.2, -0.15) is 0 Å². The van der Waals surface area contributed by atoms with Crippen LogP contribution in [-0.4, -0.2) is 53.6 Å². The van der Waals surface area contributed by atoms with Crippen molar-refractivity contribution in [1.82, 2.24) is 4.90 Å². The van der Waals surface area contributed by atoms with Gasteiger partial charge >= 0.3 is 0 Å². The molecule has 0 unspecified atom stereocenters. The molecule has 2 rings (SSSR count). The molecule has 2 atom stereocenters. The Morgan fingerprint density at radius 3 is 2.95 bits per heavy atom. The molecule has 1 aromatic rings. The SMILES string of the molecule is O[C@@H]1CCCN(C[C@H](O)COCc2ccccc2F)C1. The van der Waals surface area contributed by atoms with Crippen LogP contribution in [0.5, 0.6) is 0 Å². The van der Waals surface area contributed by atoms with Gasteiger partial charge in [0.25, 0.3) is 0 Å². The first kappa shape index (κ1) is 15.4. The molecule has 112 valence electrons. The molecule has 0 amide bonds. The van der Waals surface area contributed by atoms with Crippen LogP contribution in [0, 0.1) is 5.82 Å². The minimum absolute atomic E-state index is 0.159. The van der Waals surface area contributed by atoms with Gasteiger partial charge in [-0.3, -0.25) is 4.90 Å². The number of aliphatic hydroxyl groups excluding tert-OH is 2. The Morgan fingerprint density at radius 2 is 2.20 bits per heavy atom. The molecule has 1 heterocycles. The summed E-state index contributed by atoms with van der Waals surface area (Å²) in [6.45, 7) is 2.30. The van der Waals surface area contributed by atoms with Gasteiger partial charge in [0.05, 0.1) is 25.4 Å². The van der Waals surface area contributed by atoms with Crippen LogP contribution in [0.25, 0.3) is 0 Å². The van der Waals surface area contributed by atoms with Gasteiger partial charge < -0.3 is 14.9 Å². The van der Waals surface area contributed by atoms with E-state index in [1.807, 2.05) is 4.90 Å². The van der Waals surface area contributed by atoms with Gasteiger partial charge in [-0.15, -0.1) is 0 Å². The van der Waals surface area contributed by atoms with Crippen molar-refractivity contribution in [2.24, 2.45) is 0 Å². The van der Waals surface area contributed by atoms with Crippen molar-refractivity contribution < 1.29 is 19.3 Å². The van der Waals surface area contributed by atoms with E-state index >= 15 is 0 Å². The summed E-state index contributed by atoms with van der Waals surface area (Å²) >= 11 is 0. The van der Waals surface area contributed by atoms with E-state index in [2.05, 4.69) is 0 Å². The molecule has 0 spiro atoms. The Labute approximate surface area is 118 Å². The number of hydrogen-bond acceptors (Lipinski definition) is 4. The van der Waals surface area contributed by atoms with Crippen molar-refractivity contribution in [3.63, 3.8) is 0 Å². The van der Waals surface area contributed by atoms with Crippen LogP contribution in [0.1, 0.15) is 18.4 Å². The molecule has 1 aliphatic rings. The highest BCUT2D eigenvalue weighted by Crippen LogP contribution is 2.11. The van der Waals surface area contributed by atoms with Gasteiger partial charge in [0, 0.05) is 18.7 Å². The normalized spacial score (nSPS) is 21.9. The maximum Gasteiger partial charge on any atom is 0.128 e. The first-order valence-electron chi connectivity index (χ1n) is 7.05. The van der Waals surface area contributed by atoms with E-state index in [4.69, 9.17) is 4.74 Å². The second-order valence-electron chi connectivity index (χ2n) is 5.32. The predicted octanol–water partition coefficient (Wildman–Crippen LogP) is 1.16. The first-order chi connectivity index (χ1) is 9.65. The molecule has 1 saturated heterocycles. The molecular formula is C15H22FNO3. The van der Waals surface area contributed by atoms with E-state index in [1.54, 1.807) is 18.2 Å². The summed E-state index contributed by atoms with van der Waals surface area (Å²) in [7, 11) is 0. The van der Waals surface area contributed by atoms with E-state index in [0.29, 0.717) is 18.7 Å². The van der Waals surface area contributed by atoms with Crippen LogP contribution in [-0.2, 0) is 11.3 Å². The molecule has 1 aromatic carbocycles. The number of likely N-dealkylation sites (tertiary alicyclic amines) is 1. The minimum atomic E-state index is -0.618. The summed E-state index contributed by atoms with van der Waals surface area (Å²) in [5.74, 6) is -0.291. The largest absolute Gasteiger partial charge is 0.392 e. The lowest BCUT2D eigenvalue weighted by Gasteiger charge is -2.31. The number of aliphatic hydroxyl groups is 2. The molecule has 20 heavy (non-hydrogen) atoms. The highest BCUT2D eigenvalue weighted by atomic mass is 19.1. The molecular weight excluding hydrogens is 261 g/mol. The third kappa shape index (κ3) is 4.83. The average Bonchev–Trinajstić information content (AvgIpc) is 2.41. The summed E-state index contributed by atoms with van der Waals surface area (Å²) in [6, 6.07) is 6.45. The van der Waals surface area contributed by atoms with Crippen molar-refractivity contribution in [2.75, 3.05) is 26.2 Å². The quantitative estimate of drug-likeness (QED) is 0.822. The van der Waals surface area contributed by atoms with Gasteiger partial charge in [0.1, 0.15) is 5.82 Å². The van der Waals surface area contributed by atoms with Gasteiger partial charge in [0.15, 0.2) is 0 Å². The highest BCUT2D eigenvalue weighted by molar-refractivity contribution is 5.16. The predicted molar refractivity (Wildman–Crippen MR) is 73.7 cm³/mol. The van der Waals surface area contributed by atoms with Crippen LogP contribution < -0.4 is 0 Å². The molecule has 0 radical (unpaired) electrons. The zero-order chi connectivity index (χ0) is 14.4. The van der Waals surface area contributed by atoms with Crippen molar-refractivity contribution in [2.45, 2.75) is 31.7 Å². The van der Waals surface area contributed by atoms with Crippen LogP contribution >= 0.6 is 0 Å². The number of benzene rings is 1. The van der Waals surface area contributed by atoms with E-state index in [9.17, 15) is 14.6 Å². The van der Waals surface area contributed by atoms with Gasteiger partial charge in [-0.1, -0.05) is 18.2 Å². The number of β-amino-alcohol motifs (C(OH)–C–C–N with tert-alkyl or cyclic N) is 2. The smallest absolute Gasteiger partial charge is 0.128 e. The number of ether oxygens (including phenoxy) is 1. The Hall–Kier alpha value is -1.01. The monoisotopic (exact) mass is 283 g/mol. The second-order valence-corrected chi connectivity index (χ2v) is 5.32. The Bertz CT molecular complexity index is 416. The fourth-order valence-corrected chi connectivity index (χ4v) is 2.47. The van der Waals surface area contributed by atoms with Crippen LogP contribution in [0.4, 0.5) is 4.39 Å². The molecule has 0 saturated carbocycles. The molecule has 1 fully saturated rings. The van der Waals surface area contributed by atoms with Crippen LogP contribution in [0.3, 0.4) is 0 Å². The molecule has 0 aromatic heterocycles. The van der Waals surface area contributed by atoms with Crippen molar-refractivity contribution >= 4 is 0 Å². The van der Waals surface area contributed by atoms with Crippen LogP contribution in [0.15, 0.2) is 24.3 Å². The number of rotatable bonds is 6. The number of hydrogen-bond donors (Lipinski definition) is 2. The molecule has 2 N–H and O–H groups in total. The fraction of sp³-hybridized carbons (Fsp3) is 0.600. The summed E-state index contributed by atoms with van der Waals surface area (Å²) in [6.07, 6.45) is 0.864. The van der Waals surface area contributed by atoms with Crippen molar-refractivity contribution in [1.29, 1.82) is 0 Å². The maximum atomic E-state index is 13.4. The topological polar surface area (TPSA) is 52.9 Å². The van der Waals surface area contributed by atoms with E-state index in [-0.39, 0.29) is 25.1 Å². The molecule has 4 nitrogen and oxygen atoms in total. The van der Waals surface area contributed by atoms with Gasteiger partial charge in [-0.05, 0) is 25.5 Å². The second kappa shape index (κ2) is 7.69. The molecule has 5 heteroatoms. The lowest BCUT2D eigenvalue weighted by molar-refractivity contribution is -0.00784. The summed E-state index contributed by atoms with van der Waals surface area (Å²) in [4.78, 5) is 2.03. The first-order valence-corrected chi connectivity index (χ1v) is 7.05. The Morgan fingerprint density at radius 1 is 1.40 bits per heavy atom. The Kier molecular flexibility index (Phi) is 5.91. The zero-order valence-corrected chi connectivity index (χ0v) is 11.5. The highest BCUT2D eigenvalue weighted by Gasteiger charge is 2.19. The third-order valence-electron chi connectivity index (χ3n) is 3.48. The molecule has 0 aliphatic carbocycles. The number of nitrogens with zero attached hydrogens (tertiary/aromatic N) is 1. The Balaban J connectivity index is 1.67. The summed E-state index contributed by atoms with van der Waals surface area (Å²) in [5.41, 5.74) is 0.494. The van der Waals surface area contributed by atoms with E-state index in [1.165, 1.54) is 6.07 Å². The number of piperidine rings is 1. The van der Waals surface area contributed by atoms with E-state index < -0.39 is 6.10 Å². The zero-order valence-electron chi connectivity index (χ0n) is 11.5. The van der Waals surface area contributed by atoms with Crippen molar-refractivity contribution in [3.05, 3.63) is 35.6 Å². The van der Waals surface area contributed by atoms with Crippen LogP contribution in [0.2, 0.25) is 0 Å². The lowest BCUT2D eigenvalue weighted by Crippen LogP contribution is -2.43. The summed E-state index contributed by atoms with van der Waals surface area (Å²) in [5, 5.41) is 19.4. The van der Waals surface area contributed by atoms with E-state index in [0.717, 1.165) is 19.4 Å². The van der Waals surface area contributed by atoms with Crippen molar-refractivity contribution in [3.8, 4) is 0 Å². The minimum Gasteiger partial charge on any atom is -0.392 e. The standard InChI is InChI=1S/C15H22FNO3/c16-15-6-2-1-4-12(15)10-20-11-14(19)9-17-7-3-5-13(18)8-17/h1-2,4,6,13-14,18-19H,3,5,7-11H2/t13-,14+/m1/s1. The third-order valence-corrected chi connectivity index (χ3v) is 3.48.